The van der Waals surface area contributed by atoms with Gasteiger partial charge >= 0.3 is 6.09 Å². The monoisotopic (exact) mass is 485 g/mol. The number of rotatable bonds is 9. The maximum absolute atomic E-state index is 12.8. The molecular formula is C29H31N3O4. The number of cyclic esters (lactones) is 1. The maximum Gasteiger partial charge on any atom is 0.414 e. The van der Waals surface area contributed by atoms with Crippen molar-refractivity contribution in [3.8, 4) is 0 Å². The SMILES string of the molecule is O=C[C@@H]1COCCN1c1ccc(N2CC(CN(Cc3ccccc3)Cc3ccccc3)OC2=O)cc1. The first-order chi connectivity index (χ1) is 17.7. The van der Waals surface area contributed by atoms with Crippen LogP contribution in [-0.4, -0.2) is 62.3 Å². The normalized spacial score (nSPS) is 20.0. The molecule has 0 aromatic heterocycles. The lowest BCUT2D eigenvalue weighted by molar-refractivity contribution is -0.111. The Labute approximate surface area is 211 Å². The van der Waals surface area contributed by atoms with E-state index in [-0.39, 0.29) is 18.2 Å². The third-order valence-electron chi connectivity index (χ3n) is 6.65. The number of morpholine rings is 1. The van der Waals surface area contributed by atoms with Crippen molar-refractivity contribution < 1.29 is 19.1 Å². The first-order valence-electron chi connectivity index (χ1n) is 12.4. The van der Waals surface area contributed by atoms with E-state index in [0.29, 0.717) is 32.8 Å². The summed E-state index contributed by atoms with van der Waals surface area (Å²) in [6.45, 7) is 4.33. The Bertz CT molecular complexity index is 1100. The lowest BCUT2D eigenvalue weighted by atomic mass is 10.1. The van der Waals surface area contributed by atoms with Crippen LogP contribution in [0.2, 0.25) is 0 Å². The number of benzene rings is 3. The summed E-state index contributed by atoms with van der Waals surface area (Å²) in [6, 6.07) is 28.2. The van der Waals surface area contributed by atoms with Crippen LogP contribution in [0.15, 0.2) is 84.9 Å². The molecule has 2 aliphatic heterocycles. The van der Waals surface area contributed by atoms with E-state index in [4.69, 9.17) is 9.47 Å². The fraction of sp³-hybridized carbons (Fsp3) is 0.310. The zero-order valence-corrected chi connectivity index (χ0v) is 20.2. The van der Waals surface area contributed by atoms with E-state index < -0.39 is 0 Å². The summed E-state index contributed by atoms with van der Waals surface area (Å²) < 4.78 is 11.2. The molecule has 1 amide bonds. The van der Waals surface area contributed by atoms with Crippen molar-refractivity contribution in [3.05, 3.63) is 96.1 Å². The molecule has 1 unspecified atom stereocenters. The van der Waals surface area contributed by atoms with Gasteiger partial charge in [-0.15, -0.1) is 0 Å². The highest BCUT2D eigenvalue weighted by Crippen LogP contribution is 2.27. The number of anilines is 2. The third-order valence-corrected chi connectivity index (χ3v) is 6.65. The molecule has 3 aromatic rings. The fourth-order valence-corrected chi connectivity index (χ4v) is 4.86. The van der Waals surface area contributed by atoms with Crippen LogP contribution in [0.1, 0.15) is 11.1 Å². The zero-order valence-electron chi connectivity index (χ0n) is 20.2. The van der Waals surface area contributed by atoms with E-state index in [2.05, 4.69) is 29.2 Å². The fourth-order valence-electron chi connectivity index (χ4n) is 4.86. The van der Waals surface area contributed by atoms with Crippen molar-refractivity contribution in [2.45, 2.75) is 25.2 Å². The topological polar surface area (TPSA) is 62.3 Å². The second-order valence-electron chi connectivity index (χ2n) is 9.25. The van der Waals surface area contributed by atoms with Crippen LogP contribution < -0.4 is 9.80 Å². The molecule has 7 nitrogen and oxygen atoms in total. The maximum atomic E-state index is 12.8. The van der Waals surface area contributed by atoms with Crippen LogP contribution in [0.4, 0.5) is 16.2 Å². The third kappa shape index (κ3) is 5.75. The number of aldehydes is 1. The van der Waals surface area contributed by atoms with Gasteiger partial charge in [0.15, 0.2) is 0 Å². The first-order valence-corrected chi connectivity index (χ1v) is 12.4. The second kappa shape index (κ2) is 11.4. The van der Waals surface area contributed by atoms with E-state index in [1.807, 2.05) is 65.6 Å². The highest BCUT2D eigenvalue weighted by atomic mass is 16.6. The van der Waals surface area contributed by atoms with Crippen molar-refractivity contribution in [1.82, 2.24) is 4.90 Å². The van der Waals surface area contributed by atoms with Gasteiger partial charge in [-0.25, -0.2) is 4.79 Å². The minimum absolute atomic E-state index is 0.233. The average molecular weight is 486 g/mol. The summed E-state index contributed by atoms with van der Waals surface area (Å²) in [5.74, 6) is 0. The van der Waals surface area contributed by atoms with Crippen LogP contribution in [0.25, 0.3) is 0 Å². The number of hydrogen-bond acceptors (Lipinski definition) is 6. The quantitative estimate of drug-likeness (QED) is 0.425. The van der Waals surface area contributed by atoms with Crippen LogP contribution in [0.5, 0.6) is 0 Å². The number of carbonyl (C=O) groups excluding carboxylic acids is 2. The van der Waals surface area contributed by atoms with Gasteiger partial charge in [0.25, 0.3) is 0 Å². The Morgan fingerprint density at radius 3 is 2.08 bits per heavy atom. The number of hydrogen-bond donors (Lipinski definition) is 0. The summed E-state index contributed by atoms with van der Waals surface area (Å²) >= 11 is 0. The van der Waals surface area contributed by atoms with Crippen molar-refractivity contribution in [2.24, 2.45) is 0 Å². The molecule has 7 heteroatoms. The van der Waals surface area contributed by atoms with Crippen LogP contribution >= 0.6 is 0 Å². The van der Waals surface area contributed by atoms with Gasteiger partial charge in [-0.05, 0) is 35.4 Å². The van der Waals surface area contributed by atoms with E-state index in [1.54, 1.807) is 4.90 Å². The Kier molecular flexibility index (Phi) is 7.59. The van der Waals surface area contributed by atoms with Gasteiger partial charge in [-0.1, -0.05) is 60.7 Å². The van der Waals surface area contributed by atoms with Gasteiger partial charge in [-0.2, -0.15) is 0 Å². The molecule has 5 rings (SSSR count). The minimum Gasteiger partial charge on any atom is -0.443 e. The Balaban J connectivity index is 1.26. The highest BCUT2D eigenvalue weighted by Gasteiger charge is 2.34. The number of nitrogens with zero attached hydrogens (tertiary/aromatic N) is 3. The van der Waals surface area contributed by atoms with Crippen molar-refractivity contribution in [3.63, 3.8) is 0 Å². The van der Waals surface area contributed by atoms with E-state index in [0.717, 1.165) is 30.8 Å². The number of carbonyl (C=O) groups is 2. The molecule has 36 heavy (non-hydrogen) atoms. The van der Waals surface area contributed by atoms with Gasteiger partial charge in [0.2, 0.25) is 0 Å². The standard InChI is InChI=1S/C29H31N3O4/c33-21-27-22-35-16-15-31(27)25-11-13-26(14-12-25)32-20-28(36-29(32)34)19-30(17-23-7-3-1-4-8-23)18-24-9-5-2-6-10-24/h1-14,21,27-28H,15-20,22H2/t27-,28?/m1/s1. The van der Waals surface area contributed by atoms with Gasteiger partial charge in [0.05, 0.1) is 19.8 Å². The number of amides is 1. The summed E-state index contributed by atoms with van der Waals surface area (Å²) in [5.41, 5.74) is 4.18. The summed E-state index contributed by atoms with van der Waals surface area (Å²) in [4.78, 5) is 30.3. The van der Waals surface area contributed by atoms with Crippen LogP contribution in [-0.2, 0) is 27.4 Å². The first kappa shape index (κ1) is 24.0. The Morgan fingerprint density at radius 2 is 1.47 bits per heavy atom. The van der Waals surface area contributed by atoms with Gasteiger partial charge in [0, 0.05) is 37.6 Å². The second-order valence-corrected chi connectivity index (χ2v) is 9.25. The van der Waals surface area contributed by atoms with Gasteiger partial charge in [0.1, 0.15) is 18.4 Å². The van der Waals surface area contributed by atoms with Crippen LogP contribution in [0, 0.1) is 0 Å². The van der Waals surface area contributed by atoms with Gasteiger partial charge < -0.3 is 19.2 Å². The molecule has 0 spiro atoms. The highest BCUT2D eigenvalue weighted by molar-refractivity contribution is 5.90. The molecule has 186 valence electrons. The van der Waals surface area contributed by atoms with E-state index >= 15 is 0 Å². The number of ether oxygens (including phenoxy) is 2. The predicted octanol–water partition coefficient (Wildman–Crippen LogP) is 4.12. The summed E-state index contributed by atoms with van der Waals surface area (Å²) in [7, 11) is 0. The molecule has 0 radical (unpaired) electrons. The van der Waals surface area contributed by atoms with Crippen molar-refractivity contribution >= 4 is 23.8 Å². The lowest BCUT2D eigenvalue weighted by Crippen LogP contribution is -2.46. The van der Waals surface area contributed by atoms with Crippen molar-refractivity contribution in [2.75, 3.05) is 42.6 Å². The molecule has 0 aliphatic carbocycles. The minimum atomic E-state index is -0.329. The van der Waals surface area contributed by atoms with Crippen LogP contribution in [0.3, 0.4) is 0 Å². The smallest absolute Gasteiger partial charge is 0.414 e. The zero-order chi connectivity index (χ0) is 24.7. The summed E-state index contributed by atoms with van der Waals surface area (Å²) in [6.07, 6.45) is 0.360. The molecule has 0 N–H and O–H groups in total. The summed E-state index contributed by atoms with van der Waals surface area (Å²) in [5, 5.41) is 0. The van der Waals surface area contributed by atoms with E-state index in [9.17, 15) is 9.59 Å². The molecule has 3 aromatic carbocycles. The molecule has 0 bridgehead atoms. The molecule has 2 saturated heterocycles. The molecular weight excluding hydrogens is 454 g/mol. The van der Waals surface area contributed by atoms with Gasteiger partial charge in [-0.3, -0.25) is 9.80 Å². The Hall–Kier alpha value is -3.68. The predicted molar refractivity (Wildman–Crippen MR) is 139 cm³/mol. The average Bonchev–Trinajstić information content (AvgIpc) is 3.29. The molecule has 2 aliphatic rings. The largest absolute Gasteiger partial charge is 0.443 e. The molecule has 2 atom stereocenters. The van der Waals surface area contributed by atoms with Crippen molar-refractivity contribution in [1.29, 1.82) is 0 Å². The Morgan fingerprint density at radius 1 is 0.861 bits per heavy atom. The molecule has 2 heterocycles. The molecule has 2 fully saturated rings. The lowest BCUT2D eigenvalue weighted by Gasteiger charge is -2.34. The van der Waals surface area contributed by atoms with E-state index in [1.165, 1.54) is 11.1 Å². The molecule has 0 saturated carbocycles.